The number of hydrogen-bond donors (Lipinski definition) is 1. The lowest BCUT2D eigenvalue weighted by atomic mass is 10.1. The van der Waals surface area contributed by atoms with Crippen LogP contribution in [-0.4, -0.2) is 20.3 Å². The van der Waals surface area contributed by atoms with Gasteiger partial charge >= 0.3 is 0 Å². The number of carbonyl (C=O) groups excluding carboxylic acids is 1. The van der Waals surface area contributed by atoms with Crippen LogP contribution in [0.25, 0.3) is 10.9 Å². The van der Waals surface area contributed by atoms with E-state index in [9.17, 15) is 14.7 Å². The van der Waals surface area contributed by atoms with Crippen molar-refractivity contribution in [1.82, 2.24) is 4.57 Å². The standard InChI is InChI=1S/C12H9Cl2NO3/c1-15-7-5-3-2-4-6(7)9(16)8(12(15)18)10(17)11(13)14/h2-5,11,16H,1H3. The summed E-state index contributed by atoms with van der Waals surface area (Å²) >= 11 is 10.9. The van der Waals surface area contributed by atoms with E-state index in [0.717, 1.165) is 0 Å². The normalized spacial score (nSPS) is 11.1. The molecule has 1 N–H and O–H groups in total. The van der Waals surface area contributed by atoms with Crippen LogP contribution in [-0.2, 0) is 7.05 Å². The van der Waals surface area contributed by atoms with Crippen molar-refractivity contribution in [3.05, 3.63) is 40.2 Å². The van der Waals surface area contributed by atoms with Gasteiger partial charge in [-0.15, -0.1) is 0 Å². The van der Waals surface area contributed by atoms with Gasteiger partial charge < -0.3 is 9.67 Å². The van der Waals surface area contributed by atoms with Gasteiger partial charge in [-0.1, -0.05) is 35.3 Å². The summed E-state index contributed by atoms with van der Waals surface area (Å²) in [6.07, 6.45) is 0. The van der Waals surface area contributed by atoms with Gasteiger partial charge in [-0.3, -0.25) is 9.59 Å². The van der Waals surface area contributed by atoms with Gasteiger partial charge in [0.2, 0.25) is 5.78 Å². The molecule has 0 spiro atoms. The molecule has 0 atom stereocenters. The highest BCUT2D eigenvalue weighted by Crippen LogP contribution is 2.27. The molecule has 2 rings (SSSR count). The fourth-order valence-corrected chi connectivity index (χ4v) is 2.03. The number of para-hydroxylation sites is 1. The summed E-state index contributed by atoms with van der Waals surface area (Å²) in [6, 6.07) is 6.70. The van der Waals surface area contributed by atoms with Crippen molar-refractivity contribution >= 4 is 39.9 Å². The number of fused-ring (bicyclic) bond motifs is 1. The molecular weight excluding hydrogens is 277 g/mol. The van der Waals surface area contributed by atoms with Gasteiger partial charge in [-0.05, 0) is 12.1 Å². The Balaban J connectivity index is 2.92. The number of rotatable bonds is 2. The largest absolute Gasteiger partial charge is 0.506 e. The van der Waals surface area contributed by atoms with Crippen molar-refractivity contribution in [2.45, 2.75) is 4.84 Å². The van der Waals surface area contributed by atoms with Crippen molar-refractivity contribution in [2.24, 2.45) is 7.05 Å². The third-order valence-corrected chi connectivity index (χ3v) is 3.12. The molecule has 1 aromatic carbocycles. The lowest BCUT2D eigenvalue weighted by Crippen LogP contribution is -2.27. The Morgan fingerprint density at radius 2 is 1.94 bits per heavy atom. The highest BCUT2D eigenvalue weighted by Gasteiger charge is 2.24. The maximum absolute atomic E-state index is 12.0. The Hall–Kier alpha value is -1.52. The number of aromatic nitrogens is 1. The summed E-state index contributed by atoms with van der Waals surface area (Å²) in [5.41, 5.74) is -0.481. The predicted octanol–water partition coefficient (Wildman–Crippen LogP) is 2.23. The fourth-order valence-electron chi connectivity index (χ4n) is 1.81. The predicted molar refractivity (Wildman–Crippen MR) is 70.7 cm³/mol. The first-order valence-corrected chi connectivity index (χ1v) is 5.95. The quantitative estimate of drug-likeness (QED) is 0.680. The molecule has 0 saturated heterocycles. The second kappa shape index (κ2) is 4.63. The zero-order valence-corrected chi connectivity index (χ0v) is 10.9. The number of alkyl halides is 2. The van der Waals surface area contributed by atoms with Gasteiger partial charge in [0, 0.05) is 12.4 Å². The molecule has 1 aromatic heterocycles. The first kappa shape index (κ1) is 12.9. The van der Waals surface area contributed by atoms with Crippen LogP contribution < -0.4 is 5.56 Å². The molecule has 4 nitrogen and oxygen atoms in total. The number of ketones is 1. The number of carbonyl (C=O) groups is 1. The molecule has 0 radical (unpaired) electrons. The van der Waals surface area contributed by atoms with E-state index in [1.807, 2.05) is 0 Å². The number of aryl methyl sites for hydroxylation is 1. The summed E-state index contributed by atoms with van der Waals surface area (Å²) in [5, 5.41) is 10.4. The van der Waals surface area contributed by atoms with E-state index < -0.39 is 16.2 Å². The zero-order chi connectivity index (χ0) is 13.4. The Kier molecular flexibility index (Phi) is 3.32. The highest BCUT2D eigenvalue weighted by molar-refractivity contribution is 6.55. The van der Waals surface area contributed by atoms with E-state index in [0.29, 0.717) is 10.9 Å². The van der Waals surface area contributed by atoms with E-state index in [2.05, 4.69) is 0 Å². The molecule has 0 aliphatic rings. The summed E-state index contributed by atoms with van der Waals surface area (Å²) in [7, 11) is 1.51. The minimum atomic E-state index is -1.38. The minimum Gasteiger partial charge on any atom is -0.506 e. The van der Waals surface area contributed by atoms with Gasteiger partial charge in [0.15, 0.2) is 4.84 Å². The molecule has 1 heterocycles. The smallest absolute Gasteiger partial charge is 0.265 e. The van der Waals surface area contributed by atoms with E-state index in [1.54, 1.807) is 24.3 Å². The third-order valence-electron chi connectivity index (χ3n) is 2.72. The maximum Gasteiger partial charge on any atom is 0.265 e. The molecule has 0 amide bonds. The number of pyridine rings is 1. The molecular formula is C12H9Cl2NO3. The van der Waals surface area contributed by atoms with Crippen molar-refractivity contribution in [3.8, 4) is 5.75 Å². The summed E-state index contributed by atoms with van der Waals surface area (Å²) < 4.78 is 1.28. The number of Topliss-reactive ketones (excluding diaryl/α,β-unsaturated/α-hetero) is 1. The Morgan fingerprint density at radius 3 is 2.56 bits per heavy atom. The monoisotopic (exact) mass is 285 g/mol. The van der Waals surface area contributed by atoms with Crippen LogP contribution in [0.15, 0.2) is 29.1 Å². The lowest BCUT2D eigenvalue weighted by Gasteiger charge is -2.11. The van der Waals surface area contributed by atoms with Crippen molar-refractivity contribution in [3.63, 3.8) is 0 Å². The average molecular weight is 286 g/mol. The van der Waals surface area contributed by atoms with Gasteiger partial charge in [0.05, 0.1) is 5.52 Å². The molecule has 0 aliphatic heterocycles. The van der Waals surface area contributed by atoms with Crippen LogP contribution in [0.1, 0.15) is 10.4 Å². The molecule has 6 heteroatoms. The van der Waals surface area contributed by atoms with Gasteiger partial charge in [-0.25, -0.2) is 0 Å². The first-order chi connectivity index (χ1) is 8.45. The van der Waals surface area contributed by atoms with E-state index >= 15 is 0 Å². The van der Waals surface area contributed by atoms with E-state index in [4.69, 9.17) is 23.2 Å². The van der Waals surface area contributed by atoms with Crippen molar-refractivity contribution < 1.29 is 9.90 Å². The second-order valence-electron chi connectivity index (χ2n) is 3.77. The molecule has 0 fully saturated rings. The van der Waals surface area contributed by atoms with Crippen LogP contribution >= 0.6 is 23.2 Å². The van der Waals surface area contributed by atoms with Crippen LogP contribution in [0, 0.1) is 0 Å². The molecule has 0 bridgehead atoms. The minimum absolute atomic E-state index is 0.383. The van der Waals surface area contributed by atoms with Gasteiger partial charge in [-0.2, -0.15) is 0 Å². The van der Waals surface area contributed by atoms with Crippen molar-refractivity contribution in [2.75, 3.05) is 0 Å². The van der Waals surface area contributed by atoms with Crippen LogP contribution in [0.4, 0.5) is 0 Å². The van der Waals surface area contributed by atoms with Crippen LogP contribution in [0.2, 0.25) is 0 Å². The van der Waals surface area contributed by atoms with Gasteiger partial charge in [0.25, 0.3) is 5.56 Å². The summed E-state index contributed by atoms with van der Waals surface area (Å²) in [5.74, 6) is -1.19. The van der Waals surface area contributed by atoms with E-state index in [1.165, 1.54) is 11.6 Å². The molecule has 94 valence electrons. The van der Waals surface area contributed by atoms with Gasteiger partial charge in [0.1, 0.15) is 11.3 Å². The number of benzene rings is 1. The fraction of sp³-hybridized carbons (Fsp3) is 0.167. The molecule has 18 heavy (non-hydrogen) atoms. The summed E-state index contributed by atoms with van der Waals surface area (Å²) in [4.78, 5) is 22.4. The van der Waals surface area contributed by atoms with Crippen LogP contribution in [0.3, 0.4) is 0 Å². The SMILES string of the molecule is Cn1c(=O)c(C(=O)C(Cl)Cl)c(O)c2ccccc21. The summed E-state index contributed by atoms with van der Waals surface area (Å²) in [6.45, 7) is 0. The molecule has 0 unspecified atom stereocenters. The average Bonchev–Trinajstić information content (AvgIpc) is 2.36. The molecule has 2 aromatic rings. The Bertz CT molecular complexity index is 692. The second-order valence-corrected chi connectivity index (χ2v) is 4.87. The maximum atomic E-state index is 12.0. The Morgan fingerprint density at radius 1 is 1.33 bits per heavy atom. The lowest BCUT2D eigenvalue weighted by molar-refractivity contribution is 0.100. The Labute approximate surface area is 112 Å². The zero-order valence-electron chi connectivity index (χ0n) is 9.35. The number of aromatic hydroxyl groups is 1. The molecule has 0 saturated carbocycles. The topological polar surface area (TPSA) is 59.3 Å². The number of nitrogens with zero attached hydrogens (tertiary/aromatic N) is 1. The first-order valence-electron chi connectivity index (χ1n) is 5.08. The third kappa shape index (κ3) is 1.87. The number of halogens is 2. The highest BCUT2D eigenvalue weighted by atomic mass is 35.5. The van der Waals surface area contributed by atoms with Crippen molar-refractivity contribution in [1.29, 1.82) is 0 Å². The molecule has 0 aliphatic carbocycles. The number of hydrogen-bond acceptors (Lipinski definition) is 3. The van der Waals surface area contributed by atoms with E-state index in [-0.39, 0.29) is 11.3 Å². The van der Waals surface area contributed by atoms with Crippen LogP contribution in [0.5, 0.6) is 5.75 Å².